The summed E-state index contributed by atoms with van der Waals surface area (Å²) in [4.78, 5) is 31.2. The Morgan fingerprint density at radius 1 is 1.34 bits per heavy atom. The Balaban J connectivity index is 1.87. The number of carbonyl (C=O) groups excluding carboxylic acids is 2. The van der Waals surface area contributed by atoms with E-state index >= 15 is 0 Å². The zero-order chi connectivity index (χ0) is 21.4. The number of likely N-dealkylation sites (tertiary alicyclic amines) is 1. The summed E-state index contributed by atoms with van der Waals surface area (Å²) >= 11 is 2.08. The van der Waals surface area contributed by atoms with Crippen LogP contribution in [0.1, 0.15) is 19.8 Å². The summed E-state index contributed by atoms with van der Waals surface area (Å²) in [5, 5.41) is 2.65. The van der Waals surface area contributed by atoms with Crippen LogP contribution in [0.5, 0.6) is 0 Å². The van der Waals surface area contributed by atoms with Gasteiger partial charge < -0.3 is 10.2 Å². The van der Waals surface area contributed by atoms with Gasteiger partial charge in [0.1, 0.15) is 6.04 Å². The molecule has 1 aromatic rings. The molecule has 0 spiro atoms. The third kappa shape index (κ3) is 7.57. The Morgan fingerprint density at radius 2 is 2.03 bits per heavy atom. The van der Waals surface area contributed by atoms with Gasteiger partial charge in [-0.1, -0.05) is 6.58 Å². The van der Waals surface area contributed by atoms with Gasteiger partial charge in [0.15, 0.2) is 0 Å². The second-order valence-electron chi connectivity index (χ2n) is 6.61. The predicted molar refractivity (Wildman–Crippen MR) is 116 cm³/mol. The molecule has 11 heteroatoms. The lowest BCUT2D eigenvalue weighted by molar-refractivity contribution is -0.139. The molecule has 1 saturated heterocycles. The number of halogens is 1. The summed E-state index contributed by atoms with van der Waals surface area (Å²) in [5.74, 6) is -0.737. The Kier molecular flexibility index (Phi) is 8.86. The minimum absolute atomic E-state index is 0.101. The first-order valence-corrected chi connectivity index (χ1v) is 11.6. The van der Waals surface area contributed by atoms with Crippen molar-refractivity contribution in [3.8, 4) is 0 Å². The number of benzene rings is 1. The average molecular weight is 536 g/mol. The molecule has 3 N–H and O–H groups in total. The van der Waals surface area contributed by atoms with Crippen LogP contribution in [0.15, 0.2) is 41.4 Å². The third-order valence-corrected chi connectivity index (χ3v) is 6.27. The van der Waals surface area contributed by atoms with E-state index in [4.69, 9.17) is 4.84 Å². The van der Waals surface area contributed by atoms with Crippen LogP contribution in [0.2, 0.25) is 0 Å². The summed E-state index contributed by atoms with van der Waals surface area (Å²) in [7, 11) is -3.82. The van der Waals surface area contributed by atoms with E-state index in [0.29, 0.717) is 25.1 Å². The number of amides is 2. The van der Waals surface area contributed by atoms with Crippen molar-refractivity contribution in [2.75, 3.05) is 26.2 Å². The summed E-state index contributed by atoms with van der Waals surface area (Å²) < 4.78 is 28.5. The Hall–Kier alpha value is -1.70. The molecule has 0 radical (unpaired) electrons. The minimum Gasteiger partial charge on any atom is -0.352 e. The Bertz CT molecular complexity index is 844. The maximum absolute atomic E-state index is 12.6. The van der Waals surface area contributed by atoms with Crippen molar-refractivity contribution in [3.63, 3.8) is 0 Å². The zero-order valence-corrected chi connectivity index (χ0v) is 19.1. The molecular formula is C18H25IN4O5S. The number of hydrogen-bond donors (Lipinski definition) is 3. The molecule has 1 aliphatic heterocycles. The molecule has 1 atom stereocenters. The number of hydrogen-bond acceptors (Lipinski definition) is 6. The van der Waals surface area contributed by atoms with Crippen molar-refractivity contribution in [2.24, 2.45) is 0 Å². The average Bonchev–Trinajstić information content (AvgIpc) is 2.64. The molecule has 0 aliphatic carbocycles. The van der Waals surface area contributed by atoms with E-state index in [-0.39, 0.29) is 30.5 Å². The number of nitrogens with one attached hydrogen (secondary N) is 3. The van der Waals surface area contributed by atoms with Gasteiger partial charge in [-0.2, -0.15) is 4.72 Å². The summed E-state index contributed by atoms with van der Waals surface area (Å²) in [6.45, 7) is 6.14. The smallest absolute Gasteiger partial charge is 0.241 e. The van der Waals surface area contributed by atoms with Crippen LogP contribution >= 0.6 is 22.6 Å². The molecule has 2 amide bonds. The number of hydroxylamine groups is 1. The summed E-state index contributed by atoms with van der Waals surface area (Å²) in [6.07, 6.45) is 0.992. The van der Waals surface area contributed by atoms with Crippen LogP contribution < -0.4 is 15.5 Å². The van der Waals surface area contributed by atoms with E-state index in [1.54, 1.807) is 19.1 Å². The number of piperidine rings is 1. The van der Waals surface area contributed by atoms with Gasteiger partial charge in [0.2, 0.25) is 21.8 Å². The summed E-state index contributed by atoms with van der Waals surface area (Å²) in [5.41, 5.74) is 3.22. The predicted octanol–water partition coefficient (Wildman–Crippen LogP) is 0.732. The van der Waals surface area contributed by atoms with Crippen LogP contribution in [-0.4, -0.2) is 57.4 Å². The van der Waals surface area contributed by atoms with Crippen molar-refractivity contribution in [2.45, 2.75) is 30.7 Å². The van der Waals surface area contributed by atoms with Gasteiger partial charge in [-0.3, -0.25) is 19.9 Å². The molecular weight excluding hydrogens is 511 g/mol. The first-order valence-electron chi connectivity index (χ1n) is 9.06. The highest BCUT2D eigenvalue weighted by Crippen LogP contribution is 2.17. The molecule has 2 rings (SSSR count). The molecule has 160 valence electrons. The maximum Gasteiger partial charge on any atom is 0.241 e. The number of sulfonamides is 1. The second-order valence-corrected chi connectivity index (χ2v) is 9.57. The van der Waals surface area contributed by atoms with Gasteiger partial charge in [-0.05, 0) is 66.6 Å². The van der Waals surface area contributed by atoms with Crippen LogP contribution in [0.25, 0.3) is 0 Å². The lowest BCUT2D eigenvalue weighted by Crippen LogP contribution is -2.54. The fourth-order valence-corrected chi connectivity index (χ4v) is 4.30. The summed E-state index contributed by atoms with van der Waals surface area (Å²) in [6, 6.07) is 5.47. The molecule has 29 heavy (non-hydrogen) atoms. The molecule has 1 aliphatic rings. The van der Waals surface area contributed by atoms with Gasteiger partial charge in [-0.15, -0.1) is 0 Å². The van der Waals surface area contributed by atoms with E-state index in [1.807, 2.05) is 0 Å². The van der Waals surface area contributed by atoms with E-state index in [9.17, 15) is 18.0 Å². The number of carbonyl (C=O) groups is 2. The fourth-order valence-electron chi connectivity index (χ4n) is 2.72. The quantitative estimate of drug-likeness (QED) is 0.231. The first kappa shape index (κ1) is 23.6. The SMILES string of the molecule is C=C(C)NOCCNC(=O)CN1CCC[C@H](NS(=O)(=O)c2ccc(I)cc2)C1=O. The van der Waals surface area contributed by atoms with E-state index in [0.717, 1.165) is 3.57 Å². The van der Waals surface area contributed by atoms with Crippen LogP contribution in [-0.2, 0) is 24.4 Å². The van der Waals surface area contributed by atoms with Crippen LogP contribution in [0.4, 0.5) is 0 Å². The molecule has 1 aromatic carbocycles. The Morgan fingerprint density at radius 3 is 2.69 bits per heavy atom. The van der Waals surface area contributed by atoms with Gasteiger partial charge >= 0.3 is 0 Å². The second kappa shape index (κ2) is 10.9. The van der Waals surface area contributed by atoms with Crippen molar-refractivity contribution < 1.29 is 22.8 Å². The minimum atomic E-state index is -3.82. The highest BCUT2D eigenvalue weighted by molar-refractivity contribution is 14.1. The highest BCUT2D eigenvalue weighted by Gasteiger charge is 2.33. The standard InChI is InChI=1S/C18H25IN4O5S/c1-13(2)21-28-11-9-20-17(24)12-23-10-3-4-16(18(23)25)22-29(26,27)15-7-5-14(19)6-8-15/h5-8,16,21-22H,1,3-4,9-12H2,2H3,(H,20,24)/t16-/m0/s1. The lowest BCUT2D eigenvalue weighted by atomic mass is 10.1. The van der Waals surface area contributed by atoms with Crippen LogP contribution in [0.3, 0.4) is 0 Å². The van der Waals surface area contributed by atoms with E-state index in [2.05, 4.69) is 44.7 Å². The fraction of sp³-hybridized carbons (Fsp3) is 0.444. The maximum atomic E-state index is 12.6. The number of nitrogens with zero attached hydrogens (tertiary/aromatic N) is 1. The topological polar surface area (TPSA) is 117 Å². The van der Waals surface area contributed by atoms with Gasteiger partial charge in [0.05, 0.1) is 18.0 Å². The lowest BCUT2D eigenvalue weighted by Gasteiger charge is -2.32. The zero-order valence-electron chi connectivity index (χ0n) is 16.1. The van der Waals surface area contributed by atoms with Crippen molar-refractivity contribution in [3.05, 3.63) is 40.1 Å². The number of allylic oxidation sites excluding steroid dienone is 1. The van der Waals surface area contributed by atoms with Crippen molar-refractivity contribution in [1.82, 2.24) is 20.4 Å². The molecule has 0 unspecified atom stereocenters. The number of rotatable bonds is 10. The van der Waals surface area contributed by atoms with Crippen molar-refractivity contribution in [1.29, 1.82) is 0 Å². The molecule has 0 bridgehead atoms. The van der Waals surface area contributed by atoms with E-state index < -0.39 is 22.0 Å². The largest absolute Gasteiger partial charge is 0.352 e. The van der Waals surface area contributed by atoms with Gasteiger partial charge in [0.25, 0.3) is 0 Å². The monoisotopic (exact) mass is 536 g/mol. The van der Waals surface area contributed by atoms with Gasteiger partial charge in [-0.25, -0.2) is 8.42 Å². The third-order valence-electron chi connectivity index (χ3n) is 4.06. The van der Waals surface area contributed by atoms with Crippen molar-refractivity contribution >= 4 is 44.4 Å². The van der Waals surface area contributed by atoms with E-state index in [1.165, 1.54) is 17.0 Å². The molecule has 1 heterocycles. The molecule has 0 aromatic heterocycles. The van der Waals surface area contributed by atoms with Gasteiger partial charge in [0, 0.05) is 22.4 Å². The molecule has 1 fully saturated rings. The van der Waals surface area contributed by atoms with Crippen LogP contribution in [0, 0.1) is 3.57 Å². The Labute approximate surface area is 184 Å². The normalized spacial score (nSPS) is 17.1. The highest BCUT2D eigenvalue weighted by atomic mass is 127. The first-order chi connectivity index (χ1) is 13.7. The molecule has 0 saturated carbocycles. The molecule has 9 nitrogen and oxygen atoms in total.